The maximum Gasteiger partial charge on any atom is 0.251 e. The Bertz CT molecular complexity index is 744. The van der Waals surface area contributed by atoms with Gasteiger partial charge in [0.25, 0.3) is 5.91 Å². The number of hydrogen-bond acceptors (Lipinski definition) is 4. The molecule has 2 amide bonds. The summed E-state index contributed by atoms with van der Waals surface area (Å²) in [6.07, 6.45) is 3.46. The molecule has 1 aliphatic rings. The quantitative estimate of drug-likeness (QED) is 0.891. The summed E-state index contributed by atoms with van der Waals surface area (Å²) in [5.74, 6) is -0.0452. The molecule has 132 valence electrons. The predicted octanol–water partition coefficient (Wildman–Crippen LogP) is 0.758. The summed E-state index contributed by atoms with van der Waals surface area (Å²) in [4.78, 5) is 28.5. The van der Waals surface area contributed by atoms with Gasteiger partial charge < -0.3 is 10.2 Å². The SMILES string of the molecule is CNC(=O)c1cccc([C@@H]2CN(C(=O)Cn3cccn3)CCN2C)c1. The van der Waals surface area contributed by atoms with Crippen molar-refractivity contribution in [3.63, 3.8) is 0 Å². The van der Waals surface area contributed by atoms with E-state index in [4.69, 9.17) is 0 Å². The van der Waals surface area contributed by atoms with Gasteiger partial charge in [0.05, 0.1) is 6.04 Å². The molecule has 1 aromatic heterocycles. The molecule has 7 nitrogen and oxygen atoms in total. The first kappa shape index (κ1) is 17.2. The molecule has 1 saturated heterocycles. The second-order valence-electron chi connectivity index (χ2n) is 6.24. The Morgan fingerprint density at radius 2 is 2.12 bits per heavy atom. The molecular formula is C18H23N5O2. The lowest BCUT2D eigenvalue weighted by Gasteiger charge is -2.39. The number of piperazine rings is 1. The Balaban J connectivity index is 1.74. The topological polar surface area (TPSA) is 70.5 Å². The summed E-state index contributed by atoms with van der Waals surface area (Å²) < 4.78 is 1.64. The average molecular weight is 341 g/mol. The van der Waals surface area contributed by atoms with Crippen molar-refractivity contribution in [3.05, 3.63) is 53.9 Å². The smallest absolute Gasteiger partial charge is 0.251 e. The summed E-state index contributed by atoms with van der Waals surface area (Å²) in [5, 5.41) is 6.75. The van der Waals surface area contributed by atoms with Crippen LogP contribution in [0.25, 0.3) is 0 Å². The summed E-state index contributed by atoms with van der Waals surface area (Å²) in [7, 11) is 3.67. The average Bonchev–Trinajstić information content (AvgIpc) is 3.14. The van der Waals surface area contributed by atoms with Gasteiger partial charge in [-0.15, -0.1) is 0 Å². The number of hydrogen-bond donors (Lipinski definition) is 1. The van der Waals surface area contributed by atoms with E-state index < -0.39 is 0 Å². The van der Waals surface area contributed by atoms with E-state index in [1.54, 1.807) is 30.2 Å². The minimum absolute atomic E-state index is 0.0595. The van der Waals surface area contributed by atoms with Crippen molar-refractivity contribution in [2.45, 2.75) is 12.6 Å². The first-order chi connectivity index (χ1) is 12.1. The Labute approximate surface area is 147 Å². The van der Waals surface area contributed by atoms with Crippen LogP contribution in [0.2, 0.25) is 0 Å². The monoisotopic (exact) mass is 341 g/mol. The fourth-order valence-electron chi connectivity index (χ4n) is 3.12. The van der Waals surface area contributed by atoms with Gasteiger partial charge in [-0.05, 0) is 30.8 Å². The van der Waals surface area contributed by atoms with Crippen molar-refractivity contribution in [3.8, 4) is 0 Å². The van der Waals surface area contributed by atoms with Crippen molar-refractivity contribution in [2.75, 3.05) is 33.7 Å². The standard InChI is InChI=1S/C18H23N5O2/c1-19-18(25)15-6-3-5-14(11-15)16-12-22(10-9-21(16)2)17(24)13-23-8-4-7-20-23/h3-8,11,16H,9-10,12-13H2,1-2H3,(H,19,25)/t16-/m0/s1. The van der Waals surface area contributed by atoms with Crippen LogP contribution in [0, 0.1) is 0 Å². The Morgan fingerprint density at radius 1 is 1.28 bits per heavy atom. The largest absolute Gasteiger partial charge is 0.355 e. The molecule has 0 unspecified atom stereocenters. The number of carbonyl (C=O) groups excluding carboxylic acids is 2. The van der Waals surface area contributed by atoms with Crippen LogP contribution >= 0.6 is 0 Å². The molecule has 0 saturated carbocycles. The summed E-state index contributed by atoms with van der Waals surface area (Å²) in [6.45, 7) is 2.34. The third-order valence-corrected chi connectivity index (χ3v) is 4.62. The molecule has 25 heavy (non-hydrogen) atoms. The van der Waals surface area contributed by atoms with Crippen molar-refractivity contribution in [1.82, 2.24) is 24.9 Å². The van der Waals surface area contributed by atoms with E-state index in [-0.39, 0.29) is 24.4 Å². The lowest BCUT2D eigenvalue weighted by Crippen LogP contribution is -2.49. The van der Waals surface area contributed by atoms with Gasteiger partial charge in [-0.3, -0.25) is 19.2 Å². The number of nitrogens with one attached hydrogen (secondary N) is 1. The highest BCUT2D eigenvalue weighted by molar-refractivity contribution is 5.94. The van der Waals surface area contributed by atoms with Crippen molar-refractivity contribution in [2.24, 2.45) is 0 Å². The number of nitrogens with zero attached hydrogens (tertiary/aromatic N) is 4. The maximum absolute atomic E-state index is 12.6. The van der Waals surface area contributed by atoms with Crippen LogP contribution in [0.4, 0.5) is 0 Å². The summed E-state index contributed by atoms with van der Waals surface area (Å²) >= 11 is 0. The Kier molecular flexibility index (Phi) is 5.14. The fraction of sp³-hybridized carbons (Fsp3) is 0.389. The van der Waals surface area contributed by atoms with Crippen LogP contribution in [0.15, 0.2) is 42.7 Å². The molecule has 1 atom stereocenters. The highest BCUT2D eigenvalue weighted by Gasteiger charge is 2.28. The van der Waals surface area contributed by atoms with Crippen LogP contribution in [0.5, 0.6) is 0 Å². The molecular weight excluding hydrogens is 318 g/mol. The number of amides is 2. The maximum atomic E-state index is 12.6. The van der Waals surface area contributed by atoms with Crippen LogP contribution in [-0.2, 0) is 11.3 Å². The molecule has 2 aromatic rings. The van der Waals surface area contributed by atoms with E-state index in [9.17, 15) is 9.59 Å². The summed E-state index contributed by atoms with van der Waals surface area (Å²) in [6, 6.07) is 9.48. The van der Waals surface area contributed by atoms with Gasteiger partial charge in [-0.2, -0.15) is 5.10 Å². The number of benzene rings is 1. The molecule has 1 aliphatic heterocycles. The highest BCUT2D eigenvalue weighted by Crippen LogP contribution is 2.25. The molecule has 2 heterocycles. The Morgan fingerprint density at radius 3 is 2.84 bits per heavy atom. The van der Waals surface area contributed by atoms with E-state index in [2.05, 4.69) is 15.3 Å². The van der Waals surface area contributed by atoms with Crippen LogP contribution < -0.4 is 5.32 Å². The third kappa shape index (κ3) is 3.88. The fourth-order valence-corrected chi connectivity index (χ4v) is 3.12. The molecule has 1 aromatic carbocycles. The van der Waals surface area contributed by atoms with E-state index >= 15 is 0 Å². The van der Waals surface area contributed by atoms with Gasteiger partial charge in [0.1, 0.15) is 6.54 Å². The number of rotatable bonds is 4. The van der Waals surface area contributed by atoms with Crippen LogP contribution in [-0.4, -0.2) is 65.1 Å². The molecule has 0 aliphatic carbocycles. The minimum Gasteiger partial charge on any atom is -0.355 e. The van der Waals surface area contributed by atoms with E-state index in [1.165, 1.54) is 0 Å². The van der Waals surface area contributed by atoms with E-state index in [1.807, 2.05) is 36.2 Å². The molecule has 0 radical (unpaired) electrons. The number of likely N-dealkylation sites (N-methyl/N-ethyl adjacent to an activating group) is 1. The molecule has 1 fully saturated rings. The lowest BCUT2D eigenvalue weighted by atomic mass is 10.00. The van der Waals surface area contributed by atoms with Crippen LogP contribution in [0.1, 0.15) is 22.0 Å². The molecule has 1 N–H and O–H groups in total. The predicted molar refractivity (Wildman–Crippen MR) is 94.0 cm³/mol. The first-order valence-electron chi connectivity index (χ1n) is 8.36. The highest BCUT2D eigenvalue weighted by atomic mass is 16.2. The van der Waals surface area contributed by atoms with Crippen molar-refractivity contribution in [1.29, 1.82) is 0 Å². The normalized spacial score (nSPS) is 18.2. The molecule has 0 bridgehead atoms. The zero-order chi connectivity index (χ0) is 17.8. The van der Waals surface area contributed by atoms with Gasteiger partial charge in [0, 0.05) is 44.6 Å². The van der Waals surface area contributed by atoms with Crippen molar-refractivity contribution >= 4 is 11.8 Å². The van der Waals surface area contributed by atoms with E-state index in [0.717, 1.165) is 12.1 Å². The lowest BCUT2D eigenvalue weighted by molar-refractivity contribution is -0.134. The number of carbonyl (C=O) groups is 2. The second-order valence-corrected chi connectivity index (χ2v) is 6.24. The van der Waals surface area contributed by atoms with Gasteiger partial charge in [0.2, 0.25) is 5.91 Å². The minimum atomic E-state index is -0.105. The third-order valence-electron chi connectivity index (χ3n) is 4.62. The van der Waals surface area contributed by atoms with Gasteiger partial charge in [-0.1, -0.05) is 12.1 Å². The van der Waals surface area contributed by atoms with Gasteiger partial charge in [0.15, 0.2) is 0 Å². The van der Waals surface area contributed by atoms with Crippen LogP contribution in [0.3, 0.4) is 0 Å². The zero-order valence-corrected chi connectivity index (χ0v) is 14.6. The van der Waals surface area contributed by atoms with Gasteiger partial charge in [-0.25, -0.2) is 0 Å². The molecule has 7 heteroatoms. The van der Waals surface area contributed by atoms with Crippen molar-refractivity contribution < 1.29 is 9.59 Å². The van der Waals surface area contributed by atoms with Gasteiger partial charge >= 0.3 is 0 Å². The Hall–Kier alpha value is -2.67. The number of aromatic nitrogens is 2. The molecule has 0 spiro atoms. The van der Waals surface area contributed by atoms with E-state index in [0.29, 0.717) is 18.7 Å². The molecule has 3 rings (SSSR count). The summed E-state index contributed by atoms with van der Waals surface area (Å²) in [5.41, 5.74) is 1.67. The second kappa shape index (κ2) is 7.48. The first-order valence-corrected chi connectivity index (χ1v) is 8.36. The zero-order valence-electron chi connectivity index (χ0n) is 14.6.